The summed E-state index contributed by atoms with van der Waals surface area (Å²) in [6.07, 6.45) is 0. The summed E-state index contributed by atoms with van der Waals surface area (Å²) in [6.45, 7) is 0. The van der Waals surface area contributed by atoms with Gasteiger partial charge in [-0.25, -0.2) is 0 Å². The third-order valence-electron chi connectivity index (χ3n) is 1.95. The van der Waals surface area contributed by atoms with Crippen LogP contribution in [0.25, 0.3) is 0 Å². The summed E-state index contributed by atoms with van der Waals surface area (Å²) < 4.78 is 5.30. The molecule has 7 nitrogen and oxygen atoms in total. The molecule has 2 aromatic rings. The van der Waals surface area contributed by atoms with Crippen LogP contribution in [0.2, 0.25) is 5.28 Å². The van der Waals surface area contributed by atoms with Crippen molar-refractivity contribution in [3.05, 3.63) is 35.1 Å². The third-order valence-corrected chi connectivity index (χ3v) is 2.12. The van der Waals surface area contributed by atoms with Crippen LogP contribution in [-0.2, 0) is 0 Å². The number of aromatic nitrogens is 3. The topological polar surface area (TPSA) is 117 Å². The van der Waals surface area contributed by atoms with Crippen LogP contribution in [-0.4, -0.2) is 20.9 Å². The number of amides is 1. The molecule has 0 saturated heterocycles. The van der Waals surface area contributed by atoms with Gasteiger partial charge in [0.2, 0.25) is 17.1 Å². The van der Waals surface area contributed by atoms with E-state index in [9.17, 15) is 4.79 Å². The smallest absolute Gasteiger partial charge is 0.328 e. The minimum absolute atomic E-state index is 0.0284. The molecule has 1 aromatic carbocycles. The standard InChI is InChI=1S/C10H8ClN5O2/c11-8-14-9(13)16-10(15-8)18-6-3-1-5(2-4-6)7(12)17/h1-4H,(H2,12,17)(H2,13,14,15,16). The van der Waals surface area contributed by atoms with Crippen molar-refractivity contribution in [2.24, 2.45) is 5.73 Å². The molecule has 0 bridgehead atoms. The molecule has 0 aliphatic heterocycles. The zero-order valence-corrected chi connectivity index (χ0v) is 9.76. The second-order valence-corrected chi connectivity index (χ2v) is 3.57. The highest BCUT2D eigenvalue weighted by molar-refractivity contribution is 6.28. The fraction of sp³-hybridized carbons (Fsp3) is 0. The van der Waals surface area contributed by atoms with Crippen LogP contribution in [0, 0.1) is 0 Å². The number of nitrogens with zero attached hydrogens (tertiary/aromatic N) is 3. The second kappa shape index (κ2) is 4.84. The minimum atomic E-state index is -0.519. The highest BCUT2D eigenvalue weighted by atomic mass is 35.5. The van der Waals surface area contributed by atoms with Gasteiger partial charge >= 0.3 is 6.01 Å². The number of nitrogens with two attached hydrogens (primary N) is 2. The lowest BCUT2D eigenvalue weighted by Gasteiger charge is -2.04. The maximum atomic E-state index is 10.9. The molecular weight excluding hydrogens is 258 g/mol. The van der Waals surface area contributed by atoms with Crippen molar-refractivity contribution in [2.45, 2.75) is 0 Å². The maximum Gasteiger partial charge on any atom is 0.328 e. The van der Waals surface area contributed by atoms with E-state index in [1.165, 1.54) is 12.1 Å². The molecule has 0 atom stereocenters. The van der Waals surface area contributed by atoms with E-state index in [2.05, 4.69) is 15.0 Å². The van der Waals surface area contributed by atoms with Crippen molar-refractivity contribution in [3.8, 4) is 11.8 Å². The Kier molecular flexibility index (Phi) is 3.24. The van der Waals surface area contributed by atoms with Crippen LogP contribution in [0.4, 0.5) is 5.95 Å². The lowest BCUT2D eigenvalue weighted by atomic mass is 10.2. The summed E-state index contributed by atoms with van der Waals surface area (Å²) >= 11 is 5.60. The highest BCUT2D eigenvalue weighted by Crippen LogP contribution is 2.19. The molecule has 4 N–H and O–H groups in total. The van der Waals surface area contributed by atoms with Crippen molar-refractivity contribution in [3.63, 3.8) is 0 Å². The molecule has 18 heavy (non-hydrogen) atoms. The largest absolute Gasteiger partial charge is 0.424 e. The molecule has 1 amide bonds. The predicted molar refractivity (Wildman–Crippen MR) is 64.3 cm³/mol. The van der Waals surface area contributed by atoms with E-state index in [1.54, 1.807) is 12.1 Å². The van der Waals surface area contributed by atoms with Gasteiger partial charge in [0.1, 0.15) is 5.75 Å². The molecule has 0 aliphatic carbocycles. The Morgan fingerprint density at radius 3 is 2.39 bits per heavy atom. The summed E-state index contributed by atoms with van der Waals surface area (Å²) in [6, 6.07) is 6.11. The SMILES string of the molecule is NC(=O)c1ccc(Oc2nc(N)nc(Cl)n2)cc1. The molecule has 1 heterocycles. The molecular formula is C10H8ClN5O2. The molecule has 0 fully saturated rings. The summed E-state index contributed by atoms with van der Waals surface area (Å²) in [5, 5.41) is -0.0637. The van der Waals surface area contributed by atoms with Crippen molar-refractivity contribution in [1.29, 1.82) is 0 Å². The van der Waals surface area contributed by atoms with Gasteiger partial charge in [-0.1, -0.05) is 0 Å². The van der Waals surface area contributed by atoms with Crippen molar-refractivity contribution >= 4 is 23.5 Å². The number of hydrogen-bond donors (Lipinski definition) is 2. The number of primary amides is 1. The van der Waals surface area contributed by atoms with Gasteiger partial charge in [-0.2, -0.15) is 15.0 Å². The van der Waals surface area contributed by atoms with E-state index >= 15 is 0 Å². The quantitative estimate of drug-likeness (QED) is 0.855. The Balaban J connectivity index is 2.20. The molecule has 1 aromatic heterocycles. The first kappa shape index (κ1) is 12.1. The van der Waals surface area contributed by atoms with E-state index in [-0.39, 0.29) is 17.2 Å². The van der Waals surface area contributed by atoms with Gasteiger partial charge in [0.25, 0.3) is 0 Å². The number of hydrogen-bond acceptors (Lipinski definition) is 6. The number of carbonyl (C=O) groups is 1. The molecule has 2 rings (SSSR count). The van der Waals surface area contributed by atoms with E-state index < -0.39 is 5.91 Å². The lowest BCUT2D eigenvalue weighted by Crippen LogP contribution is -2.10. The number of benzene rings is 1. The maximum absolute atomic E-state index is 10.9. The Labute approximate surface area is 107 Å². The summed E-state index contributed by atoms with van der Waals surface area (Å²) in [7, 11) is 0. The Bertz CT molecular complexity index is 567. The molecule has 0 unspecified atom stereocenters. The van der Waals surface area contributed by atoms with Crippen molar-refractivity contribution in [1.82, 2.24) is 15.0 Å². The van der Waals surface area contributed by atoms with Gasteiger partial charge in [-0.3, -0.25) is 4.79 Å². The van der Waals surface area contributed by atoms with Crippen molar-refractivity contribution in [2.75, 3.05) is 5.73 Å². The first-order valence-electron chi connectivity index (χ1n) is 4.79. The van der Waals surface area contributed by atoms with Gasteiger partial charge in [-0.05, 0) is 35.9 Å². The van der Waals surface area contributed by atoms with E-state index in [0.717, 1.165) is 0 Å². The Morgan fingerprint density at radius 1 is 1.17 bits per heavy atom. The van der Waals surface area contributed by atoms with Gasteiger partial charge in [0.05, 0.1) is 0 Å². The zero-order chi connectivity index (χ0) is 13.1. The van der Waals surface area contributed by atoms with Crippen LogP contribution in [0.5, 0.6) is 11.8 Å². The first-order chi connectivity index (χ1) is 8.54. The van der Waals surface area contributed by atoms with Crippen molar-refractivity contribution < 1.29 is 9.53 Å². The van der Waals surface area contributed by atoms with Gasteiger partial charge in [0, 0.05) is 5.56 Å². The summed E-state index contributed by atoms with van der Waals surface area (Å²) in [5.41, 5.74) is 10.9. The minimum Gasteiger partial charge on any atom is -0.424 e. The van der Waals surface area contributed by atoms with Gasteiger partial charge in [0.15, 0.2) is 0 Å². The molecule has 0 spiro atoms. The van der Waals surface area contributed by atoms with Gasteiger partial charge in [-0.15, -0.1) is 0 Å². The number of nitrogen functional groups attached to an aromatic ring is 1. The average molecular weight is 266 g/mol. The predicted octanol–water partition coefficient (Wildman–Crippen LogP) is 0.998. The summed E-state index contributed by atoms with van der Waals surface area (Å²) in [4.78, 5) is 21.9. The lowest BCUT2D eigenvalue weighted by molar-refractivity contribution is 0.100. The molecule has 92 valence electrons. The summed E-state index contributed by atoms with van der Waals surface area (Å²) in [5.74, 6) is -0.144. The van der Waals surface area contributed by atoms with E-state index in [1.807, 2.05) is 0 Å². The van der Waals surface area contributed by atoms with Crippen LogP contribution in [0.1, 0.15) is 10.4 Å². The highest BCUT2D eigenvalue weighted by Gasteiger charge is 2.06. The third kappa shape index (κ3) is 2.83. The van der Waals surface area contributed by atoms with Crippen LogP contribution < -0.4 is 16.2 Å². The molecule has 0 radical (unpaired) electrons. The van der Waals surface area contributed by atoms with Crippen LogP contribution >= 0.6 is 11.6 Å². The number of carbonyl (C=O) groups excluding carboxylic acids is 1. The fourth-order valence-corrected chi connectivity index (χ4v) is 1.34. The molecule has 8 heteroatoms. The van der Waals surface area contributed by atoms with Crippen LogP contribution in [0.15, 0.2) is 24.3 Å². The number of halogens is 1. The first-order valence-corrected chi connectivity index (χ1v) is 5.17. The fourth-order valence-electron chi connectivity index (χ4n) is 1.18. The Hall–Kier alpha value is -2.41. The van der Waals surface area contributed by atoms with Crippen LogP contribution in [0.3, 0.4) is 0 Å². The van der Waals surface area contributed by atoms with Gasteiger partial charge < -0.3 is 16.2 Å². The number of rotatable bonds is 3. The monoisotopic (exact) mass is 265 g/mol. The number of ether oxygens (including phenoxy) is 1. The van der Waals surface area contributed by atoms with E-state index in [4.69, 9.17) is 27.8 Å². The Morgan fingerprint density at radius 2 is 1.83 bits per heavy atom. The number of anilines is 1. The van der Waals surface area contributed by atoms with E-state index in [0.29, 0.717) is 11.3 Å². The molecule has 0 aliphatic rings. The average Bonchev–Trinajstić information content (AvgIpc) is 2.28. The molecule has 0 saturated carbocycles. The zero-order valence-electron chi connectivity index (χ0n) is 9.00. The normalized spacial score (nSPS) is 10.1. The second-order valence-electron chi connectivity index (χ2n) is 3.24.